The van der Waals surface area contributed by atoms with Crippen molar-refractivity contribution in [2.45, 2.75) is 50.2 Å². The van der Waals surface area contributed by atoms with Gasteiger partial charge in [-0.1, -0.05) is 12.8 Å². The van der Waals surface area contributed by atoms with Crippen LogP contribution < -0.4 is 4.74 Å². The van der Waals surface area contributed by atoms with E-state index in [0.717, 1.165) is 37.9 Å². The van der Waals surface area contributed by atoms with Crippen LogP contribution in [0.4, 0.5) is 18.0 Å². The Kier molecular flexibility index (Phi) is 5.44. The van der Waals surface area contributed by atoms with Gasteiger partial charge in [-0.2, -0.15) is 14.5 Å². The topological polar surface area (TPSA) is 70.9 Å². The van der Waals surface area contributed by atoms with E-state index < -0.39 is 35.6 Å². The first-order valence-corrected chi connectivity index (χ1v) is 10.7. The maximum absolute atomic E-state index is 14.2. The summed E-state index contributed by atoms with van der Waals surface area (Å²) in [5, 5.41) is 5.30. The number of nitrogens with zero attached hydrogens (tertiary/aromatic N) is 5. The summed E-state index contributed by atoms with van der Waals surface area (Å²) in [6.07, 6.45) is 6.84. The first kappa shape index (κ1) is 20.7. The maximum atomic E-state index is 14.2. The van der Waals surface area contributed by atoms with E-state index in [4.69, 9.17) is 4.74 Å². The fourth-order valence-electron chi connectivity index (χ4n) is 4.44. The number of halogens is 3. The largest absolute Gasteiger partial charge is 0.468 e. The third-order valence-electron chi connectivity index (χ3n) is 6.14. The molecule has 7 nitrogen and oxygen atoms in total. The smallest absolute Gasteiger partial charge is 0.341 e. The molecule has 1 aromatic heterocycles. The minimum absolute atomic E-state index is 0.0914. The Morgan fingerprint density at radius 2 is 1.78 bits per heavy atom. The zero-order valence-corrected chi connectivity index (χ0v) is 17.3. The zero-order valence-electron chi connectivity index (χ0n) is 17.3. The number of likely N-dealkylation sites (tertiary alicyclic amines) is 1. The fourth-order valence-corrected chi connectivity index (χ4v) is 4.44. The summed E-state index contributed by atoms with van der Waals surface area (Å²) >= 11 is 0. The Morgan fingerprint density at radius 1 is 1.06 bits per heavy atom. The van der Waals surface area contributed by atoms with Crippen molar-refractivity contribution in [3.8, 4) is 5.88 Å². The molecule has 5 rings (SSSR count). The highest BCUT2D eigenvalue weighted by Gasteiger charge is 2.39. The van der Waals surface area contributed by atoms with Gasteiger partial charge in [0.25, 0.3) is 5.88 Å². The standard InChI is InChI=1S/C22H22F3N5O2/c23-15-7-14(8-16(24)9-15)19-5-6-27-30(19)22(31)29-11-17(12-29)32-21-18(25)10-26-20(28-21)13-3-1-2-4-13/h6-10,13,17,19H,1-5,11-12H2. The maximum Gasteiger partial charge on any atom is 0.341 e. The van der Waals surface area contributed by atoms with Crippen LogP contribution in [0.25, 0.3) is 0 Å². The number of hydrazone groups is 1. The monoisotopic (exact) mass is 445 g/mol. The van der Waals surface area contributed by atoms with E-state index in [0.29, 0.717) is 17.8 Å². The van der Waals surface area contributed by atoms with Gasteiger partial charge in [0, 0.05) is 24.6 Å². The molecule has 10 heteroatoms. The van der Waals surface area contributed by atoms with E-state index in [1.165, 1.54) is 22.0 Å². The third-order valence-corrected chi connectivity index (χ3v) is 6.14. The number of hydrogen-bond donors (Lipinski definition) is 0. The molecule has 2 amide bonds. The molecule has 1 saturated heterocycles. The van der Waals surface area contributed by atoms with Crippen molar-refractivity contribution in [2.75, 3.05) is 13.1 Å². The summed E-state index contributed by atoms with van der Waals surface area (Å²) < 4.78 is 47.1. The van der Waals surface area contributed by atoms with Crippen molar-refractivity contribution in [1.82, 2.24) is 19.9 Å². The summed E-state index contributed by atoms with van der Waals surface area (Å²) in [6, 6.07) is 2.20. The number of carbonyl (C=O) groups excluding carboxylic acids is 1. The summed E-state index contributed by atoms with van der Waals surface area (Å²) in [5.41, 5.74) is 0.337. The van der Waals surface area contributed by atoms with Crippen molar-refractivity contribution < 1.29 is 22.7 Å². The van der Waals surface area contributed by atoms with Crippen molar-refractivity contribution >= 4 is 12.2 Å². The Labute approximate surface area is 182 Å². The number of benzene rings is 1. The summed E-state index contributed by atoms with van der Waals surface area (Å²) in [7, 11) is 0. The lowest BCUT2D eigenvalue weighted by Gasteiger charge is -2.40. The normalized spacial score (nSPS) is 21.3. The number of rotatable bonds is 4. The second-order valence-corrected chi connectivity index (χ2v) is 8.39. The number of ether oxygens (including phenoxy) is 1. The molecule has 168 valence electrons. The van der Waals surface area contributed by atoms with E-state index in [2.05, 4.69) is 15.1 Å². The highest BCUT2D eigenvalue weighted by Crippen LogP contribution is 2.34. The Balaban J connectivity index is 1.21. The molecule has 3 heterocycles. The Hall–Kier alpha value is -3.17. The van der Waals surface area contributed by atoms with Gasteiger partial charge in [-0.3, -0.25) is 0 Å². The van der Waals surface area contributed by atoms with Gasteiger partial charge in [0.2, 0.25) is 5.82 Å². The minimum atomic E-state index is -0.708. The highest BCUT2D eigenvalue weighted by molar-refractivity contribution is 5.79. The second-order valence-electron chi connectivity index (χ2n) is 8.39. The van der Waals surface area contributed by atoms with Crippen LogP contribution in [0.15, 0.2) is 29.5 Å². The zero-order chi connectivity index (χ0) is 22.2. The first-order chi connectivity index (χ1) is 15.5. The summed E-state index contributed by atoms with van der Waals surface area (Å²) in [6.45, 7) is 0.467. The molecule has 1 atom stereocenters. The molecule has 0 spiro atoms. The van der Waals surface area contributed by atoms with Gasteiger partial charge in [0.1, 0.15) is 23.6 Å². The fraction of sp³-hybridized carbons (Fsp3) is 0.455. The van der Waals surface area contributed by atoms with Gasteiger partial charge in [-0.15, -0.1) is 0 Å². The van der Waals surface area contributed by atoms with Gasteiger partial charge in [0.15, 0.2) is 0 Å². The molecule has 2 aromatic rings. The molecule has 32 heavy (non-hydrogen) atoms. The van der Waals surface area contributed by atoms with Crippen molar-refractivity contribution in [3.63, 3.8) is 0 Å². The number of carbonyl (C=O) groups is 1. The lowest BCUT2D eigenvalue weighted by Crippen LogP contribution is -2.59. The molecule has 2 aliphatic heterocycles. The molecule has 1 unspecified atom stereocenters. The molecule has 1 aromatic carbocycles. The van der Waals surface area contributed by atoms with Crippen LogP contribution in [-0.2, 0) is 0 Å². The third kappa shape index (κ3) is 4.01. The molecule has 3 aliphatic rings. The van der Waals surface area contributed by atoms with Gasteiger partial charge in [0.05, 0.1) is 25.3 Å². The lowest BCUT2D eigenvalue weighted by molar-refractivity contribution is 0.0227. The van der Waals surface area contributed by atoms with Crippen LogP contribution in [0, 0.1) is 17.5 Å². The van der Waals surface area contributed by atoms with Gasteiger partial charge in [-0.25, -0.2) is 23.6 Å². The Morgan fingerprint density at radius 3 is 2.50 bits per heavy atom. The molecular formula is C22H22F3N5O2. The predicted molar refractivity (Wildman–Crippen MR) is 109 cm³/mol. The number of amides is 2. The van der Waals surface area contributed by atoms with Crippen LogP contribution in [0.5, 0.6) is 5.88 Å². The number of urea groups is 1. The van der Waals surface area contributed by atoms with E-state index in [9.17, 15) is 18.0 Å². The quantitative estimate of drug-likeness (QED) is 0.708. The van der Waals surface area contributed by atoms with Crippen molar-refractivity contribution in [3.05, 3.63) is 53.2 Å². The number of hydrogen-bond acceptors (Lipinski definition) is 5. The van der Waals surface area contributed by atoms with Crippen LogP contribution in [0.3, 0.4) is 0 Å². The molecule has 0 bridgehead atoms. The second kappa shape index (κ2) is 8.40. The SMILES string of the molecule is O=C(N1CC(Oc2nc(C3CCCC3)ncc2F)C1)N1N=CCC1c1cc(F)cc(F)c1. The van der Waals surface area contributed by atoms with Crippen molar-refractivity contribution in [2.24, 2.45) is 5.10 Å². The summed E-state index contributed by atoms with van der Waals surface area (Å²) in [4.78, 5) is 22.7. The minimum Gasteiger partial charge on any atom is -0.468 e. The highest BCUT2D eigenvalue weighted by atomic mass is 19.1. The van der Waals surface area contributed by atoms with E-state index >= 15 is 0 Å². The number of aromatic nitrogens is 2. The summed E-state index contributed by atoms with van der Waals surface area (Å²) in [5.74, 6) is -1.31. The van der Waals surface area contributed by atoms with Gasteiger partial charge >= 0.3 is 6.03 Å². The van der Waals surface area contributed by atoms with E-state index in [-0.39, 0.29) is 24.9 Å². The molecule has 1 aliphatic carbocycles. The van der Waals surface area contributed by atoms with Gasteiger partial charge in [-0.05, 0) is 30.5 Å². The average Bonchev–Trinajstić information content (AvgIpc) is 3.42. The van der Waals surface area contributed by atoms with Crippen LogP contribution in [0.2, 0.25) is 0 Å². The molecule has 2 fully saturated rings. The lowest BCUT2D eigenvalue weighted by atomic mass is 10.0. The van der Waals surface area contributed by atoms with Crippen LogP contribution in [-0.4, -0.2) is 51.3 Å². The van der Waals surface area contributed by atoms with E-state index in [1.54, 1.807) is 6.21 Å². The van der Waals surface area contributed by atoms with Gasteiger partial charge < -0.3 is 9.64 Å². The molecule has 1 saturated carbocycles. The van der Waals surface area contributed by atoms with Crippen LogP contribution in [0.1, 0.15) is 55.5 Å². The predicted octanol–water partition coefficient (Wildman–Crippen LogP) is 4.17. The van der Waals surface area contributed by atoms with E-state index in [1.807, 2.05) is 0 Å². The van der Waals surface area contributed by atoms with Crippen LogP contribution >= 0.6 is 0 Å². The average molecular weight is 445 g/mol. The first-order valence-electron chi connectivity index (χ1n) is 10.7. The molecule has 0 N–H and O–H groups in total. The molecule has 0 radical (unpaired) electrons. The Bertz CT molecular complexity index is 1030. The molecular weight excluding hydrogens is 423 g/mol. The van der Waals surface area contributed by atoms with Crippen molar-refractivity contribution in [1.29, 1.82) is 0 Å².